The summed E-state index contributed by atoms with van der Waals surface area (Å²) in [4.78, 5) is 45.0. The Kier molecular flexibility index (Phi) is 12.1. The van der Waals surface area contributed by atoms with E-state index < -0.39 is 0 Å². The van der Waals surface area contributed by atoms with Crippen LogP contribution < -0.4 is 5.56 Å². The van der Waals surface area contributed by atoms with Gasteiger partial charge in [0.05, 0.1) is 6.20 Å². The maximum absolute atomic E-state index is 14.1. The minimum absolute atomic E-state index is 0.0356. The van der Waals surface area contributed by atoms with Crippen molar-refractivity contribution in [2.45, 2.75) is 50.7 Å². The van der Waals surface area contributed by atoms with Gasteiger partial charge in [0, 0.05) is 77.8 Å². The van der Waals surface area contributed by atoms with Crippen LogP contribution in [0.3, 0.4) is 0 Å². The lowest BCUT2D eigenvalue weighted by Gasteiger charge is -2.27. The molecule has 1 unspecified atom stereocenters. The lowest BCUT2D eigenvalue weighted by Crippen LogP contribution is -2.40. The molecule has 3 heterocycles. The van der Waals surface area contributed by atoms with Gasteiger partial charge in [-0.25, -0.2) is 14.4 Å². The van der Waals surface area contributed by atoms with Crippen molar-refractivity contribution in [2.24, 2.45) is 0 Å². The van der Waals surface area contributed by atoms with E-state index in [9.17, 15) is 14.0 Å². The van der Waals surface area contributed by atoms with Crippen molar-refractivity contribution in [3.05, 3.63) is 123 Å². The Labute approximate surface area is 288 Å². The normalized spacial score (nSPS) is 12.0. The number of likely N-dealkylation sites (N-methyl/N-ethyl adjacent to an activating group) is 1. The predicted octanol–water partition coefficient (Wildman–Crippen LogP) is 6.03. The Morgan fingerprint density at radius 2 is 1.71 bits per heavy atom. The summed E-state index contributed by atoms with van der Waals surface area (Å²) in [7, 11) is 0. The monoisotopic (exact) mass is 688 g/mol. The molecule has 0 spiro atoms. The number of thioether (sulfide) groups is 1. The summed E-state index contributed by atoms with van der Waals surface area (Å²) in [5.74, 6) is 0.256. The number of hydrogen-bond acceptors (Lipinski definition) is 8. The van der Waals surface area contributed by atoms with Crippen LogP contribution >= 0.6 is 23.4 Å². The second-order valence-electron chi connectivity index (χ2n) is 11.3. The van der Waals surface area contributed by atoms with E-state index in [0.29, 0.717) is 47.0 Å². The number of nitrogens with zero attached hydrogens (tertiary/aromatic N) is 7. The molecule has 0 saturated carbocycles. The van der Waals surface area contributed by atoms with E-state index in [1.807, 2.05) is 19.1 Å². The molecule has 13 heteroatoms. The van der Waals surface area contributed by atoms with Gasteiger partial charge >= 0.3 is 0 Å². The van der Waals surface area contributed by atoms with E-state index in [-0.39, 0.29) is 29.7 Å². The van der Waals surface area contributed by atoms with Gasteiger partial charge in [-0.3, -0.25) is 14.7 Å². The van der Waals surface area contributed by atoms with Gasteiger partial charge in [-0.2, -0.15) is 10.1 Å². The van der Waals surface area contributed by atoms with Crippen LogP contribution in [0.4, 0.5) is 4.39 Å². The van der Waals surface area contributed by atoms with Gasteiger partial charge < -0.3 is 14.4 Å². The largest absolute Gasteiger partial charge is 0.335 e. The smallest absolute Gasteiger partial charge is 0.277 e. The number of amides is 1. The number of benzene rings is 2. The fraction of sp³-hybridized carbons (Fsp3) is 0.314. The molecule has 0 saturated heterocycles. The third-order valence-corrected chi connectivity index (χ3v) is 9.49. The van der Waals surface area contributed by atoms with Crippen LogP contribution in [-0.2, 0) is 23.6 Å². The number of hydrogen-bond donors (Lipinski definition) is 1. The van der Waals surface area contributed by atoms with Crippen molar-refractivity contribution in [1.29, 1.82) is 0 Å². The average molecular weight is 689 g/mol. The van der Waals surface area contributed by atoms with Gasteiger partial charge in [0.15, 0.2) is 11.0 Å². The third kappa shape index (κ3) is 9.15. The minimum Gasteiger partial charge on any atom is -0.335 e. The first kappa shape index (κ1) is 34.9. The summed E-state index contributed by atoms with van der Waals surface area (Å²) < 4.78 is 15.3. The highest BCUT2D eigenvalue weighted by atomic mass is 35.5. The van der Waals surface area contributed by atoms with Gasteiger partial charge in [0.25, 0.3) is 5.56 Å². The molecule has 48 heavy (non-hydrogen) atoms. The quantitative estimate of drug-likeness (QED) is 0.105. The maximum Gasteiger partial charge on any atom is 0.277 e. The highest BCUT2D eigenvalue weighted by Gasteiger charge is 2.22. The molecular weight excluding hydrogens is 651 g/mol. The molecule has 5 rings (SSSR count). The molecule has 250 valence electrons. The molecule has 1 N–H and O–H groups in total. The number of carbonyl (C=O) groups excluding carboxylic acids is 1. The second kappa shape index (κ2) is 16.6. The topological polar surface area (TPSA) is 113 Å². The Morgan fingerprint density at radius 1 is 1.00 bits per heavy atom. The van der Waals surface area contributed by atoms with E-state index >= 15 is 0 Å². The van der Waals surface area contributed by atoms with Gasteiger partial charge in [0.2, 0.25) is 5.91 Å². The molecule has 1 amide bonds. The predicted molar refractivity (Wildman–Crippen MR) is 186 cm³/mol. The number of rotatable bonds is 15. The second-order valence-corrected chi connectivity index (χ2v) is 12.7. The zero-order chi connectivity index (χ0) is 34.0. The summed E-state index contributed by atoms with van der Waals surface area (Å²) in [6.07, 6.45) is 8.62. The Morgan fingerprint density at radius 3 is 2.35 bits per heavy atom. The first-order chi connectivity index (χ1) is 23.2. The molecular formula is C35H38ClFN8O2S. The highest BCUT2D eigenvalue weighted by molar-refractivity contribution is 7.98. The highest BCUT2D eigenvalue weighted by Crippen LogP contribution is 2.25. The number of aromatic amines is 1. The molecule has 0 bridgehead atoms. The van der Waals surface area contributed by atoms with Gasteiger partial charge in [-0.05, 0) is 60.6 Å². The fourth-order valence-electron chi connectivity index (χ4n) is 5.17. The van der Waals surface area contributed by atoms with Gasteiger partial charge in [-0.15, -0.1) is 0 Å². The van der Waals surface area contributed by atoms with Crippen molar-refractivity contribution in [1.82, 2.24) is 39.5 Å². The van der Waals surface area contributed by atoms with Crippen LogP contribution in [0, 0.1) is 5.82 Å². The lowest BCUT2D eigenvalue weighted by atomic mass is 9.98. The summed E-state index contributed by atoms with van der Waals surface area (Å²) in [5.41, 5.74) is 3.42. The molecule has 0 aliphatic heterocycles. The van der Waals surface area contributed by atoms with E-state index in [2.05, 4.69) is 43.9 Å². The van der Waals surface area contributed by atoms with Gasteiger partial charge in [0.1, 0.15) is 12.4 Å². The molecule has 10 nitrogen and oxygen atoms in total. The van der Waals surface area contributed by atoms with Crippen LogP contribution in [0.15, 0.2) is 89.5 Å². The lowest BCUT2D eigenvalue weighted by molar-refractivity contribution is -0.132. The summed E-state index contributed by atoms with van der Waals surface area (Å²) >= 11 is 7.36. The Balaban J connectivity index is 1.42. The molecule has 0 fully saturated rings. The van der Waals surface area contributed by atoms with E-state index in [0.717, 1.165) is 35.3 Å². The molecule has 0 radical (unpaired) electrons. The van der Waals surface area contributed by atoms with E-state index in [4.69, 9.17) is 11.6 Å². The SMILES string of the molecule is CCN(CC)CCN(Cc1cnc(-c2ccc(Cl)cc2)nc1)C(=O)Cn1cc(C(C)c2cn[nH]c2)c(=O)nc1SCc1ccc(F)cc1. The third-order valence-electron chi connectivity index (χ3n) is 8.17. The summed E-state index contributed by atoms with van der Waals surface area (Å²) in [5, 5.41) is 7.86. The van der Waals surface area contributed by atoms with E-state index in [1.165, 1.54) is 23.9 Å². The molecule has 1 atom stereocenters. The van der Waals surface area contributed by atoms with Crippen LogP contribution in [0.5, 0.6) is 0 Å². The summed E-state index contributed by atoms with van der Waals surface area (Å²) in [6, 6.07) is 13.5. The molecule has 5 aromatic rings. The van der Waals surface area contributed by atoms with Crippen molar-refractivity contribution < 1.29 is 9.18 Å². The van der Waals surface area contributed by atoms with Crippen molar-refractivity contribution in [3.63, 3.8) is 0 Å². The van der Waals surface area contributed by atoms with Crippen molar-refractivity contribution in [2.75, 3.05) is 26.2 Å². The average Bonchev–Trinajstić information content (AvgIpc) is 3.64. The number of carbonyl (C=O) groups is 1. The zero-order valence-corrected chi connectivity index (χ0v) is 28.7. The zero-order valence-electron chi connectivity index (χ0n) is 27.1. The van der Waals surface area contributed by atoms with Crippen LogP contribution in [0.1, 0.15) is 48.9 Å². The van der Waals surface area contributed by atoms with Gasteiger partial charge in [-0.1, -0.05) is 56.3 Å². The fourth-order valence-corrected chi connectivity index (χ4v) is 6.21. The summed E-state index contributed by atoms with van der Waals surface area (Å²) in [6.45, 7) is 9.28. The molecule has 3 aromatic heterocycles. The van der Waals surface area contributed by atoms with E-state index in [1.54, 1.807) is 64.7 Å². The molecule has 0 aliphatic carbocycles. The van der Waals surface area contributed by atoms with Crippen LogP contribution in [0.25, 0.3) is 11.4 Å². The Hall–Kier alpha value is -4.39. The standard InChI is InChI=1S/C35H38ClFN8O2S/c1-4-43(5-2)14-15-44(20-26-16-38-33(39-17-26)27-8-10-29(36)11-9-27)32(46)22-45-21-31(24(3)28-18-40-41-19-28)34(47)42-35(45)48-23-25-6-12-30(37)13-7-25/h6-13,16-19,21,24H,4-5,14-15,20,22-23H2,1-3H3,(H,40,41). The molecule has 2 aromatic carbocycles. The maximum atomic E-state index is 14.1. The van der Waals surface area contributed by atoms with Crippen molar-refractivity contribution in [3.8, 4) is 11.4 Å². The first-order valence-electron chi connectivity index (χ1n) is 15.8. The van der Waals surface area contributed by atoms with Crippen LogP contribution in [0.2, 0.25) is 5.02 Å². The number of nitrogens with one attached hydrogen (secondary N) is 1. The minimum atomic E-state index is -0.370. The number of halogens is 2. The Bertz CT molecular complexity index is 1830. The molecule has 0 aliphatic rings. The number of H-pyrrole nitrogens is 1. The first-order valence-corrected chi connectivity index (χ1v) is 17.1. The van der Waals surface area contributed by atoms with Crippen molar-refractivity contribution >= 4 is 29.3 Å². The van der Waals surface area contributed by atoms with Crippen LogP contribution in [-0.4, -0.2) is 71.6 Å². The number of aromatic nitrogens is 6.